The zero-order valence-corrected chi connectivity index (χ0v) is 16.8. The Morgan fingerprint density at radius 3 is 2.72 bits per heavy atom. The van der Waals surface area contributed by atoms with Gasteiger partial charge in [-0.05, 0) is 43.3 Å². The smallest absolute Gasteiger partial charge is 0.335 e. The lowest BCUT2D eigenvalue weighted by Gasteiger charge is -2.26. The van der Waals surface area contributed by atoms with E-state index in [-0.39, 0.29) is 18.1 Å². The lowest BCUT2D eigenvalue weighted by atomic mass is 10.1. The molecule has 4 amide bonds. The van der Waals surface area contributed by atoms with Gasteiger partial charge >= 0.3 is 6.03 Å². The minimum Gasteiger partial charge on any atom is -0.493 e. The third-order valence-corrected chi connectivity index (χ3v) is 4.78. The molecule has 0 unspecified atom stereocenters. The highest BCUT2D eigenvalue weighted by atomic mass is 79.9. The summed E-state index contributed by atoms with van der Waals surface area (Å²) in [5.41, 5.74) is 0.593. The van der Waals surface area contributed by atoms with Crippen molar-refractivity contribution >= 4 is 45.5 Å². The Hall–Kier alpha value is -3.33. The summed E-state index contributed by atoms with van der Waals surface area (Å²) in [6.07, 6.45) is 1.40. The van der Waals surface area contributed by atoms with Crippen LogP contribution in [-0.4, -0.2) is 31.2 Å². The number of rotatable bonds is 4. The monoisotopic (exact) mass is 458 g/mol. The van der Waals surface area contributed by atoms with Gasteiger partial charge in [-0.3, -0.25) is 14.9 Å². The molecule has 0 spiro atoms. The van der Waals surface area contributed by atoms with Gasteiger partial charge < -0.3 is 14.2 Å². The van der Waals surface area contributed by atoms with Crippen LogP contribution in [-0.2, 0) is 9.59 Å². The number of urea groups is 1. The van der Waals surface area contributed by atoms with Gasteiger partial charge in [0, 0.05) is 16.1 Å². The van der Waals surface area contributed by atoms with Crippen LogP contribution in [0.4, 0.5) is 10.5 Å². The van der Waals surface area contributed by atoms with Gasteiger partial charge in [-0.2, -0.15) is 0 Å². The molecular formula is C20H15BrN2O6. The first kappa shape index (κ1) is 19.0. The Kier molecular flexibility index (Phi) is 4.98. The second-order valence-electron chi connectivity index (χ2n) is 6.11. The molecule has 2 heterocycles. The number of barbiturate groups is 1. The molecule has 0 atom stereocenters. The van der Waals surface area contributed by atoms with E-state index < -0.39 is 17.8 Å². The molecule has 1 saturated heterocycles. The van der Waals surface area contributed by atoms with Crippen molar-refractivity contribution in [3.63, 3.8) is 0 Å². The second-order valence-corrected chi connectivity index (χ2v) is 7.03. The first-order valence-corrected chi connectivity index (χ1v) is 9.50. The minimum absolute atomic E-state index is 0.0612. The third-order valence-electron chi connectivity index (χ3n) is 4.29. The highest BCUT2D eigenvalue weighted by Gasteiger charge is 2.37. The number of anilines is 1. The highest BCUT2D eigenvalue weighted by molar-refractivity contribution is 9.10. The fraction of sp³-hybridized carbons (Fsp3) is 0.150. The zero-order chi connectivity index (χ0) is 20.5. The van der Waals surface area contributed by atoms with Crippen molar-refractivity contribution < 1.29 is 28.6 Å². The van der Waals surface area contributed by atoms with E-state index in [0.29, 0.717) is 29.4 Å². The molecule has 2 aliphatic heterocycles. The Morgan fingerprint density at radius 2 is 1.93 bits per heavy atom. The van der Waals surface area contributed by atoms with Gasteiger partial charge in [0.05, 0.1) is 12.3 Å². The third kappa shape index (κ3) is 3.56. The molecule has 0 saturated carbocycles. The molecule has 29 heavy (non-hydrogen) atoms. The van der Waals surface area contributed by atoms with Gasteiger partial charge in [-0.25, -0.2) is 9.69 Å². The average molecular weight is 459 g/mol. The van der Waals surface area contributed by atoms with Crippen molar-refractivity contribution in [2.24, 2.45) is 0 Å². The van der Waals surface area contributed by atoms with Crippen LogP contribution in [0.15, 0.2) is 46.4 Å². The molecule has 1 N–H and O–H groups in total. The summed E-state index contributed by atoms with van der Waals surface area (Å²) in [6.45, 7) is 2.31. The maximum atomic E-state index is 13.1. The Bertz CT molecular complexity index is 1060. The number of nitrogens with zero attached hydrogens (tertiary/aromatic N) is 1. The number of nitrogens with one attached hydrogen (secondary N) is 1. The van der Waals surface area contributed by atoms with Crippen LogP contribution in [0.25, 0.3) is 6.08 Å². The van der Waals surface area contributed by atoms with Crippen molar-refractivity contribution in [1.29, 1.82) is 0 Å². The number of ether oxygens (including phenoxy) is 3. The van der Waals surface area contributed by atoms with E-state index in [9.17, 15) is 14.4 Å². The minimum atomic E-state index is -0.838. The molecule has 0 aromatic heterocycles. The number of carbonyl (C=O) groups is 3. The van der Waals surface area contributed by atoms with E-state index in [1.54, 1.807) is 30.3 Å². The molecule has 0 aliphatic carbocycles. The molecule has 2 aromatic carbocycles. The van der Waals surface area contributed by atoms with E-state index in [2.05, 4.69) is 21.2 Å². The summed E-state index contributed by atoms with van der Waals surface area (Å²) in [5.74, 6) is -0.0908. The number of imide groups is 2. The largest absolute Gasteiger partial charge is 0.493 e. The number of hydrogen-bond donors (Lipinski definition) is 1. The van der Waals surface area contributed by atoms with Crippen LogP contribution in [0.2, 0.25) is 0 Å². The summed E-state index contributed by atoms with van der Waals surface area (Å²) in [5, 5.41) is 2.20. The molecule has 4 rings (SSSR count). The highest BCUT2D eigenvalue weighted by Crippen LogP contribution is 2.36. The number of carbonyl (C=O) groups excluding carboxylic acids is 3. The fourth-order valence-corrected chi connectivity index (χ4v) is 3.37. The van der Waals surface area contributed by atoms with E-state index in [1.165, 1.54) is 12.1 Å². The van der Waals surface area contributed by atoms with Crippen LogP contribution in [0.1, 0.15) is 12.5 Å². The summed E-state index contributed by atoms with van der Waals surface area (Å²) < 4.78 is 16.9. The SMILES string of the molecule is CCOc1ccc(Br)cc1/C=C1\C(=O)NC(=O)N(c2ccc3c(c2)OCO3)C1=O. The predicted molar refractivity (Wildman–Crippen MR) is 107 cm³/mol. The molecule has 8 nitrogen and oxygen atoms in total. The van der Waals surface area contributed by atoms with Crippen LogP contribution >= 0.6 is 15.9 Å². The number of amides is 4. The summed E-state index contributed by atoms with van der Waals surface area (Å²) in [6, 6.07) is 9.06. The van der Waals surface area contributed by atoms with Crippen LogP contribution in [0.5, 0.6) is 17.2 Å². The zero-order valence-electron chi connectivity index (χ0n) is 15.2. The Balaban J connectivity index is 1.74. The van der Waals surface area contributed by atoms with Gasteiger partial charge in [0.1, 0.15) is 11.3 Å². The van der Waals surface area contributed by atoms with Crippen molar-refractivity contribution in [2.75, 3.05) is 18.3 Å². The second kappa shape index (κ2) is 7.59. The fourth-order valence-electron chi connectivity index (χ4n) is 2.99. The maximum Gasteiger partial charge on any atom is 0.335 e. The van der Waals surface area contributed by atoms with Crippen molar-refractivity contribution in [1.82, 2.24) is 5.32 Å². The first-order valence-electron chi connectivity index (χ1n) is 8.71. The molecule has 2 aliphatic rings. The average Bonchev–Trinajstić information content (AvgIpc) is 3.15. The van der Waals surface area contributed by atoms with Gasteiger partial charge in [-0.15, -0.1) is 0 Å². The molecular weight excluding hydrogens is 444 g/mol. The van der Waals surface area contributed by atoms with E-state index in [4.69, 9.17) is 14.2 Å². The number of fused-ring (bicyclic) bond motifs is 1. The topological polar surface area (TPSA) is 94.2 Å². The lowest BCUT2D eigenvalue weighted by molar-refractivity contribution is -0.122. The summed E-state index contributed by atoms with van der Waals surface area (Å²) in [4.78, 5) is 38.7. The molecule has 148 valence electrons. The van der Waals surface area contributed by atoms with Crippen molar-refractivity contribution in [3.8, 4) is 17.2 Å². The van der Waals surface area contributed by atoms with Gasteiger partial charge in [0.25, 0.3) is 11.8 Å². The van der Waals surface area contributed by atoms with E-state index in [1.807, 2.05) is 6.92 Å². The normalized spacial score (nSPS) is 17.0. The van der Waals surface area contributed by atoms with E-state index in [0.717, 1.165) is 9.37 Å². The standard InChI is InChI=1S/C20H15BrN2O6/c1-2-27-15-5-3-12(21)7-11(15)8-14-18(24)22-20(26)23(19(14)25)13-4-6-16-17(9-13)29-10-28-16/h3-9H,2,10H2,1H3,(H,22,24,26)/b14-8+. The summed E-state index contributed by atoms with van der Waals surface area (Å²) >= 11 is 3.37. The Morgan fingerprint density at radius 1 is 1.14 bits per heavy atom. The Labute approximate surface area is 174 Å². The van der Waals surface area contributed by atoms with Crippen LogP contribution in [0.3, 0.4) is 0 Å². The first-order chi connectivity index (χ1) is 14.0. The molecule has 1 fully saturated rings. The summed E-state index contributed by atoms with van der Waals surface area (Å²) in [7, 11) is 0. The number of benzene rings is 2. The maximum absolute atomic E-state index is 13.1. The predicted octanol–water partition coefficient (Wildman–Crippen LogP) is 3.24. The van der Waals surface area contributed by atoms with Gasteiger partial charge in [0.15, 0.2) is 11.5 Å². The molecule has 9 heteroatoms. The molecule has 0 bridgehead atoms. The van der Waals surface area contributed by atoms with E-state index >= 15 is 0 Å². The van der Waals surface area contributed by atoms with Crippen molar-refractivity contribution in [2.45, 2.75) is 6.92 Å². The van der Waals surface area contributed by atoms with Gasteiger partial charge in [-0.1, -0.05) is 15.9 Å². The molecule has 0 radical (unpaired) electrons. The molecule has 2 aromatic rings. The van der Waals surface area contributed by atoms with Crippen LogP contribution in [0, 0.1) is 0 Å². The van der Waals surface area contributed by atoms with Gasteiger partial charge in [0.2, 0.25) is 6.79 Å². The lowest BCUT2D eigenvalue weighted by Crippen LogP contribution is -2.54. The quantitative estimate of drug-likeness (QED) is 0.558. The number of hydrogen-bond acceptors (Lipinski definition) is 6. The van der Waals surface area contributed by atoms with Crippen molar-refractivity contribution in [3.05, 3.63) is 52.0 Å². The van der Waals surface area contributed by atoms with Crippen LogP contribution < -0.4 is 24.4 Å². The number of halogens is 1.